The zero-order valence-corrected chi connectivity index (χ0v) is 12.7. The molecule has 0 amide bonds. The van der Waals surface area contributed by atoms with Crippen molar-refractivity contribution in [1.82, 2.24) is 4.90 Å². The van der Waals surface area contributed by atoms with Gasteiger partial charge in [0.25, 0.3) is 0 Å². The Kier molecular flexibility index (Phi) is 3.36. The van der Waals surface area contributed by atoms with E-state index in [9.17, 15) is 0 Å². The van der Waals surface area contributed by atoms with E-state index in [-0.39, 0.29) is 0 Å². The summed E-state index contributed by atoms with van der Waals surface area (Å²) in [6, 6.07) is 1.77. The van der Waals surface area contributed by atoms with Crippen LogP contribution in [0.15, 0.2) is 0 Å². The van der Waals surface area contributed by atoms with Gasteiger partial charge in [0.1, 0.15) is 0 Å². The molecular weight excluding hydrogens is 206 g/mol. The maximum atomic E-state index is 2.84. The van der Waals surface area contributed by atoms with Crippen LogP contribution in [0.3, 0.4) is 0 Å². The second kappa shape index (κ2) is 4.26. The molecule has 2 saturated heterocycles. The summed E-state index contributed by atoms with van der Waals surface area (Å²) in [5.74, 6) is 0.941. The lowest BCUT2D eigenvalue weighted by Gasteiger charge is -2.45. The van der Waals surface area contributed by atoms with Gasteiger partial charge >= 0.3 is 0 Å². The first-order valence-electron chi connectivity index (χ1n) is 7.42. The molecule has 2 bridgehead atoms. The molecule has 0 aromatic heterocycles. The van der Waals surface area contributed by atoms with Crippen molar-refractivity contribution in [2.45, 2.75) is 79.3 Å². The summed E-state index contributed by atoms with van der Waals surface area (Å²) in [6.07, 6.45) is 5.78. The van der Waals surface area contributed by atoms with Gasteiger partial charge in [-0.05, 0) is 42.4 Å². The molecule has 0 saturated carbocycles. The van der Waals surface area contributed by atoms with Crippen LogP contribution in [0.4, 0.5) is 0 Å². The molecule has 0 spiro atoms. The topological polar surface area (TPSA) is 3.24 Å². The Morgan fingerprint density at radius 1 is 0.882 bits per heavy atom. The molecule has 2 aliphatic heterocycles. The maximum Gasteiger partial charge on any atom is 0.0102 e. The molecule has 17 heavy (non-hydrogen) atoms. The second-order valence-corrected chi connectivity index (χ2v) is 8.65. The zero-order chi connectivity index (χ0) is 12.8. The lowest BCUT2D eigenvalue weighted by molar-refractivity contribution is 0.0333. The van der Waals surface area contributed by atoms with Crippen LogP contribution >= 0.6 is 0 Å². The van der Waals surface area contributed by atoms with E-state index in [2.05, 4.69) is 46.4 Å². The monoisotopic (exact) mass is 237 g/mol. The van der Waals surface area contributed by atoms with Gasteiger partial charge in [0, 0.05) is 18.6 Å². The van der Waals surface area contributed by atoms with E-state index in [1.807, 2.05) is 0 Å². The van der Waals surface area contributed by atoms with Gasteiger partial charge in [0.2, 0.25) is 0 Å². The zero-order valence-electron chi connectivity index (χ0n) is 12.7. The van der Waals surface area contributed by atoms with Gasteiger partial charge in [-0.3, -0.25) is 4.90 Å². The van der Waals surface area contributed by atoms with Gasteiger partial charge in [-0.15, -0.1) is 0 Å². The predicted molar refractivity (Wildman–Crippen MR) is 75.2 cm³/mol. The smallest absolute Gasteiger partial charge is 0.0102 e. The van der Waals surface area contributed by atoms with Gasteiger partial charge in [0.05, 0.1) is 0 Å². The summed E-state index contributed by atoms with van der Waals surface area (Å²) in [5, 5.41) is 0. The average Bonchev–Trinajstić information content (AvgIpc) is 2.39. The highest BCUT2D eigenvalue weighted by molar-refractivity contribution is 4.98. The average molecular weight is 237 g/mol. The standard InChI is InChI=1S/C16H31N/c1-15(2,3)11-17-13-7-8-14(17)10-12(9-13)16(4,5)6/h12-14H,7-11H2,1-6H3. The van der Waals surface area contributed by atoms with Crippen LogP contribution in [-0.2, 0) is 0 Å². The maximum absolute atomic E-state index is 2.84. The minimum absolute atomic E-state index is 0.454. The van der Waals surface area contributed by atoms with Crippen LogP contribution in [0, 0.1) is 16.7 Å². The van der Waals surface area contributed by atoms with Crippen LogP contribution < -0.4 is 0 Å². The highest BCUT2D eigenvalue weighted by Crippen LogP contribution is 2.46. The number of hydrogen-bond donors (Lipinski definition) is 0. The number of fused-ring (bicyclic) bond motifs is 2. The molecule has 2 atom stereocenters. The molecule has 0 aromatic rings. The fraction of sp³-hybridized carbons (Fsp3) is 1.00. The van der Waals surface area contributed by atoms with Crippen molar-refractivity contribution in [2.24, 2.45) is 16.7 Å². The van der Waals surface area contributed by atoms with Crippen molar-refractivity contribution >= 4 is 0 Å². The molecule has 2 rings (SSSR count). The summed E-state index contributed by atoms with van der Waals surface area (Å²) >= 11 is 0. The lowest BCUT2D eigenvalue weighted by Crippen LogP contribution is -2.48. The van der Waals surface area contributed by atoms with Crippen molar-refractivity contribution in [3.8, 4) is 0 Å². The van der Waals surface area contributed by atoms with Gasteiger partial charge in [-0.25, -0.2) is 0 Å². The first-order valence-corrected chi connectivity index (χ1v) is 7.42. The Labute approximate surface area is 108 Å². The minimum Gasteiger partial charge on any atom is -0.297 e. The number of piperidine rings is 1. The normalized spacial score (nSPS) is 35.3. The van der Waals surface area contributed by atoms with Gasteiger partial charge in [0.15, 0.2) is 0 Å². The van der Waals surface area contributed by atoms with Crippen molar-refractivity contribution in [3.63, 3.8) is 0 Å². The van der Waals surface area contributed by atoms with E-state index in [4.69, 9.17) is 0 Å². The summed E-state index contributed by atoms with van der Waals surface area (Å²) in [4.78, 5) is 2.84. The fourth-order valence-corrected chi connectivity index (χ4v) is 3.79. The largest absolute Gasteiger partial charge is 0.297 e. The van der Waals surface area contributed by atoms with Crippen molar-refractivity contribution < 1.29 is 0 Å². The van der Waals surface area contributed by atoms with Gasteiger partial charge in [-0.1, -0.05) is 41.5 Å². The molecule has 2 aliphatic rings. The van der Waals surface area contributed by atoms with E-state index >= 15 is 0 Å². The van der Waals surface area contributed by atoms with E-state index in [1.54, 1.807) is 0 Å². The highest BCUT2D eigenvalue weighted by atomic mass is 15.2. The molecule has 2 unspecified atom stereocenters. The Bertz CT molecular complexity index is 254. The third-order valence-electron chi connectivity index (χ3n) is 4.77. The molecule has 1 nitrogen and oxygen atoms in total. The number of hydrogen-bond acceptors (Lipinski definition) is 1. The summed E-state index contributed by atoms with van der Waals surface area (Å²) in [6.45, 7) is 15.7. The van der Waals surface area contributed by atoms with Crippen LogP contribution in [0.1, 0.15) is 67.2 Å². The van der Waals surface area contributed by atoms with E-state index < -0.39 is 0 Å². The molecule has 2 fully saturated rings. The van der Waals surface area contributed by atoms with E-state index in [0.29, 0.717) is 10.8 Å². The van der Waals surface area contributed by atoms with Crippen LogP contribution in [0.5, 0.6) is 0 Å². The first-order chi connectivity index (χ1) is 7.67. The lowest BCUT2D eigenvalue weighted by atomic mass is 9.72. The van der Waals surface area contributed by atoms with Crippen LogP contribution in [0.2, 0.25) is 0 Å². The molecule has 100 valence electrons. The second-order valence-electron chi connectivity index (χ2n) is 8.65. The predicted octanol–water partition coefficient (Wildman–Crippen LogP) is 4.32. The van der Waals surface area contributed by atoms with Crippen molar-refractivity contribution in [2.75, 3.05) is 6.54 Å². The van der Waals surface area contributed by atoms with E-state index in [1.165, 1.54) is 32.2 Å². The molecule has 0 aliphatic carbocycles. The van der Waals surface area contributed by atoms with Crippen LogP contribution in [-0.4, -0.2) is 23.5 Å². The molecular formula is C16H31N. The Balaban J connectivity index is 2.03. The Hall–Kier alpha value is -0.0400. The molecule has 1 heteroatoms. The quantitative estimate of drug-likeness (QED) is 0.656. The van der Waals surface area contributed by atoms with Gasteiger partial charge < -0.3 is 0 Å². The van der Waals surface area contributed by atoms with Crippen LogP contribution in [0.25, 0.3) is 0 Å². The summed E-state index contributed by atoms with van der Waals surface area (Å²) < 4.78 is 0. The molecule has 0 N–H and O–H groups in total. The fourth-order valence-electron chi connectivity index (χ4n) is 3.79. The Morgan fingerprint density at radius 2 is 1.35 bits per heavy atom. The summed E-state index contributed by atoms with van der Waals surface area (Å²) in [5.41, 5.74) is 0.962. The van der Waals surface area contributed by atoms with E-state index in [0.717, 1.165) is 18.0 Å². The third kappa shape index (κ3) is 3.05. The van der Waals surface area contributed by atoms with Gasteiger partial charge in [-0.2, -0.15) is 0 Å². The molecule has 0 aromatic carbocycles. The SMILES string of the molecule is CC(C)(C)CN1C2CCC1CC(C(C)(C)C)C2. The molecule has 0 radical (unpaired) electrons. The Morgan fingerprint density at radius 3 is 1.71 bits per heavy atom. The number of rotatable bonds is 1. The highest BCUT2D eigenvalue weighted by Gasteiger charge is 2.44. The van der Waals surface area contributed by atoms with Crippen molar-refractivity contribution in [3.05, 3.63) is 0 Å². The van der Waals surface area contributed by atoms with Crippen molar-refractivity contribution in [1.29, 1.82) is 0 Å². The minimum atomic E-state index is 0.454. The third-order valence-corrected chi connectivity index (χ3v) is 4.77. The first kappa shape index (κ1) is 13.4. The summed E-state index contributed by atoms with van der Waals surface area (Å²) in [7, 11) is 0. The molecule has 2 heterocycles. The number of nitrogens with zero attached hydrogens (tertiary/aromatic N) is 1.